The number of nitrogens with one attached hydrogen (secondary N) is 2. The van der Waals surface area contributed by atoms with Gasteiger partial charge in [-0.2, -0.15) is 13.2 Å². The van der Waals surface area contributed by atoms with Crippen molar-refractivity contribution >= 4 is 23.5 Å². The molecular weight excluding hydrogens is 389 g/mol. The molecule has 28 heavy (non-hydrogen) atoms. The SMILES string of the molecule is CNSc1ccc(Nc2ccc(C(F)(F)F)cn2)c(-c2nc3c(o2)CCC3)c1. The van der Waals surface area contributed by atoms with Gasteiger partial charge >= 0.3 is 6.18 Å². The van der Waals surface area contributed by atoms with Gasteiger partial charge in [-0.05, 0) is 62.2 Å². The second-order valence-corrected chi connectivity index (χ2v) is 7.39. The number of rotatable bonds is 5. The minimum Gasteiger partial charge on any atom is -0.441 e. The van der Waals surface area contributed by atoms with E-state index in [0.29, 0.717) is 17.4 Å². The molecule has 1 aliphatic rings. The van der Waals surface area contributed by atoms with Gasteiger partial charge in [0.15, 0.2) is 0 Å². The van der Waals surface area contributed by atoms with Crippen molar-refractivity contribution in [3.8, 4) is 11.5 Å². The Morgan fingerprint density at radius 3 is 2.68 bits per heavy atom. The predicted molar refractivity (Wildman–Crippen MR) is 101 cm³/mol. The average Bonchev–Trinajstić information content (AvgIpc) is 3.25. The zero-order valence-electron chi connectivity index (χ0n) is 14.9. The summed E-state index contributed by atoms with van der Waals surface area (Å²) in [7, 11) is 1.82. The van der Waals surface area contributed by atoms with E-state index < -0.39 is 11.7 Å². The molecular formula is C19H17F3N4OS. The van der Waals surface area contributed by atoms with Crippen molar-refractivity contribution < 1.29 is 17.6 Å². The first kappa shape index (κ1) is 18.8. The highest BCUT2D eigenvalue weighted by atomic mass is 32.2. The molecule has 5 nitrogen and oxygen atoms in total. The third-order valence-electron chi connectivity index (χ3n) is 4.39. The van der Waals surface area contributed by atoms with Crippen LogP contribution in [-0.4, -0.2) is 17.0 Å². The maximum atomic E-state index is 12.7. The summed E-state index contributed by atoms with van der Waals surface area (Å²) in [6.45, 7) is 0. The fraction of sp³-hybridized carbons (Fsp3) is 0.263. The molecule has 0 atom stereocenters. The van der Waals surface area contributed by atoms with Crippen LogP contribution in [-0.2, 0) is 19.0 Å². The molecule has 0 aliphatic heterocycles. The number of nitrogens with zero attached hydrogens (tertiary/aromatic N) is 2. The highest BCUT2D eigenvalue weighted by Gasteiger charge is 2.30. The van der Waals surface area contributed by atoms with Gasteiger partial charge in [0.05, 0.1) is 22.5 Å². The summed E-state index contributed by atoms with van der Waals surface area (Å²) in [4.78, 5) is 9.45. The molecule has 1 aromatic carbocycles. The first-order valence-corrected chi connectivity index (χ1v) is 9.52. The molecule has 0 radical (unpaired) electrons. The molecule has 0 fully saturated rings. The minimum absolute atomic E-state index is 0.308. The van der Waals surface area contributed by atoms with E-state index >= 15 is 0 Å². The number of aromatic nitrogens is 2. The van der Waals surface area contributed by atoms with Crippen LogP contribution < -0.4 is 10.0 Å². The fourth-order valence-corrected chi connectivity index (χ4v) is 3.62. The molecule has 2 heterocycles. The highest BCUT2D eigenvalue weighted by molar-refractivity contribution is 7.97. The van der Waals surface area contributed by atoms with Gasteiger partial charge in [0.25, 0.3) is 0 Å². The van der Waals surface area contributed by atoms with Crippen LogP contribution in [0.3, 0.4) is 0 Å². The lowest BCUT2D eigenvalue weighted by molar-refractivity contribution is -0.137. The molecule has 0 unspecified atom stereocenters. The second-order valence-electron chi connectivity index (χ2n) is 6.31. The number of alkyl halides is 3. The number of halogens is 3. The molecule has 9 heteroatoms. The maximum absolute atomic E-state index is 12.7. The number of anilines is 2. The van der Waals surface area contributed by atoms with Crippen LogP contribution in [0, 0.1) is 0 Å². The number of benzene rings is 1. The monoisotopic (exact) mass is 406 g/mol. The summed E-state index contributed by atoms with van der Waals surface area (Å²) >= 11 is 1.45. The summed E-state index contributed by atoms with van der Waals surface area (Å²) in [5.41, 5.74) is 1.58. The zero-order valence-corrected chi connectivity index (χ0v) is 15.7. The third kappa shape index (κ3) is 3.85. The van der Waals surface area contributed by atoms with Crippen LogP contribution in [0.2, 0.25) is 0 Å². The standard InChI is InChI=1S/C19H17F3N4OS/c1-23-28-12-6-7-14(25-17-8-5-11(10-24-17)19(20,21)22)13(9-12)18-26-15-3-2-4-16(15)27-18/h5-10,23H,2-4H2,1H3,(H,24,25). The van der Waals surface area contributed by atoms with Crippen molar-refractivity contribution in [2.24, 2.45) is 0 Å². The molecule has 0 amide bonds. The summed E-state index contributed by atoms with van der Waals surface area (Å²) < 4.78 is 47.2. The lowest BCUT2D eigenvalue weighted by Gasteiger charge is -2.12. The summed E-state index contributed by atoms with van der Waals surface area (Å²) in [5.74, 6) is 1.71. The Morgan fingerprint density at radius 2 is 2.00 bits per heavy atom. The van der Waals surface area contributed by atoms with Crippen molar-refractivity contribution in [1.82, 2.24) is 14.7 Å². The Morgan fingerprint density at radius 1 is 1.14 bits per heavy atom. The van der Waals surface area contributed by atoms with Crippen LogP contribution in [0.15, 0.2) is 45.8 Å². The van der Waals surface area contributed by atoms with Gasteiger partial charge in [-0.1, -0.05) is 0 Å². The number of oxazole rings is 1. The second kappa shape index (κ2) is 7.48. The fourth-order valence-electron chi connectivity index (χ4n) is 3.07. The first-order valence-electron chi connectivity index (χ1n) is 8.71. The lowest BCUT2D eigenvalue weighted by atomic mass is 10.1. The molecule has 2 N–H and O–H groups in total. The van der Waals surface area contributed by atoms with Crippen molar-refractivity contribution in [2.75, 3.05) is 12.4 Å². The highest BCUT2D eigenvalue weighted by Crippen LogP contribution is 2.36. The quantitative estimate of drug-likeness (QED) is 0.567. The predicted octanol–water partition coefficient (Wildman–Crippen LogP) is 5.21. The van der Waals surface area contributed by atoms with Crippen LogP contribution in [0.4, 0.5) is 24.7 Å². The van der Waals surface area contributed by atoms with E-state index in [2.05, 4.69) is 20.0 Å². The normalized spacial score (nSPS) is 13.6. The number of hydrogen-bond acceptors (Lipinski definition) is 6. The smallest absolute Gasteiger partial charge is 0.417 e. The Kier molecular flexibility index (Phi) is 5.03. The van der Waals surface area contributed by atoms with Crippen molar-refractivity contribution in [3.63, 3.8) is 0 Å². The molecule has 3 aromatic rings. The average molecular weight is 406 g/mol. The number of pyridine rings is 1. The lowest BCUT2D eigenvalue weighted by Crippen LogP contribution is -2.06. The van der Waals surface area contributed by atoms with E-state index in [9.17, 15) is 13.2 Å². The summed E-state index contributed by atoms with van der Waals surface area (Å²) in [6, 6.07) is 7.96. The van der Waals surface area contributed by atoms with Gasteiger partial charge in [-0.15, -0.1) is 0 Å². The van der Waals surface area contributed by atoms with E-state index in [4.69, 9.17) is 4.42 Å². The van der Waals surface area contributed by atoms with Gasteiger partial charge in [0.1, 0.15) is 11.6 Å². The van der Waals surface area contributed by atoms with Gasteiger partial charge in [0, 0.05) is 17.5 Å². The van der Waals surface area contributed by atoms with Crippen molar-refractivity contribution in [2.45, 2.75) is 30.3 Å². The van der Waals surface area contributed by atoms with Gasteiger partial charge < -0.3 is 9.73 Å². The minimum atomic E-state index is -4.42. The molecule has 0 saturated heterocycles. The third-order valence-corrected chi connectivity index (χ3v) is 5.08. The molecule has 146 valence electrons. The van der Waals surface area contributed by atoms with Crippen LogP contribution >= 0.6 is 11.9 Å². The van der Waals surface area contributed by atoms with E-state index in [1.165, 1.54) is 18.0 Å². The maximum Gasteiger partial charge on any atom is 0.417 e. The zero-order chi connectivity index (χ0) is 19.7. The van der Waals surface area contributed by atoms with Crippen LogP contribution in [0.1, 0.15) is 23.4 Å². The Hall–Kier alpha value is -2.52. The van der Waals surface area contributed by atoms with Crippen LogP contribution in [0.25, 0.3) is 11.5 Å². The van der Waals surface area contributed by atoms with Gasteiger partial charge in [-0.3, -0.25) is 4.72 Å². The molecule has 4 rings (SSSR count). The number of hydrogen-bond donors (Lipinski definition) is 2. The Balaban J connectivity index is 1.67. The topological polar surface area (TPSA) is 63.0 Å². The van der Waals surface area contributed by atoms with E-state index in [1.807, 2.05) is 25.2 Å². The van der Waals surface area contributed by atoms with E-state index in [-0.39, 0.29) is 0 Å². The molecule has 0 saturated carbocycles. The first-order chi connectivity index (χ1) is 13.4. The van der Waals surface area contributed by atoms with Crippen molar-refractivity contribution in [3.05, 3.63) is 53.5 Å². The van der Waals surface area contributed by atoms with Gasteiger partial charge in [-0.25, -0.2) is 9.97 Å². The number of fused-ring (bicyclic) bond motifs is 1. The molecule has 0 spiro atoms. The van der Waals surface area contributed by atoms with E-state index in [1.54, 1.807) is 0 Å². The summed E-state index contributed by atoms with van der Waals surface area (Å²) in [6.07, 6.45) is -0.796. The molecule has 1 aliphatic carbocycles. The van der Waals surface area contributed by atoms with E-state index in [0.717, 1.165) is 53.4 Å². The Labute approximate surface area is 163 Å². The van der Waals surface area contributed by atoms with Crippen molar-refractivity contribution in [1.29, 1.82) is 0 Å². The van der Waals surface area contributed by atoms with Gasteiger partial charge in [0.2, 0.25) is 5.89 Å². The van der Waals surface area contributed by atoms with Crippen LogP contribution in [0.5, 0.6) is 0 Å². The Bertz CT molecular complexity index is 964. The summed E-state index contributed by atoms with van der Waals surface area (Å²) in [5, 5.41) is 3.08. The largest absolute Gasteiger partial charge is 0.441 e. The molecule has 2 aromatic heterocycles. The molecule has 0 bridgehead atoms. The number of aryl methyl sites for hydroxylation is 2.